The van der Waals surface area contributed by atoms with Crippen LogP contribution in [0.25, 0.3) is 11.3 Å². The number of carbonyl (C=O) groups excluding carboxylic acids is 1. The van der Waals surface area contributed by atoms with E-state index in [0.717, 1.165) is 4.47 Å². The summed E-state index contributed by atoms with van der Waals surface area (Å²) in [5.74, 6) is -0.267. The highest BCUT2D eigenvalue weighted by Gasteiger charge is 2.12. The van der Waals surface area contributed by atoms with E-state index in [0.29, 0.717) is 22.0 Å². The highest BCUT2D eigenvalue weighted by molar-refractivity contribution is 9.10. The Morgan fingerprint density at radius 1 is 1.21 bits per heavy atom. The predicted molar refractivity (Wildman–Crippen MR) is 96.3 cm³/mol. The van der Waals surface area contributed by atoms with Crippen molar-refractivity contribution in [3.8, 4) is 11.3 Å². The largest absolute Gasteiger partial charge is 0.298 e. The van der Waals surface area contributed by atoms with Gasteiger partial charge in [-0.15, -0.1) is 11.3 Å². The van der Waals surface area contributed by atoms with Crippen LogP contribution in [0.1, 0.15) is 10.4 Å². The Morgan fingerprint density at radius 2 is 2.00 bits per heavy atom. The second-order valence-electron chi connectivity index (χ2n) is 4.81. The zero-order chi connectivity index (χ0) is 17.1. The molecule has 0 bridgehead atoms. The maximum atomic E-state index is 12.2. The van der Waals surface area contributed by atoms with Crippen LogP contribution in [0.4, 0.5) is 10.8 Å². The third-order valence-corrected chi connectivity index (χ3v) is 4.42. The van der Waals surface area contributed by atoms with Gasteiger partial charge in [0.05, 0.1) is 10.6 Å². The van der Waals surface area contributed by atoms with E-state index in [9.17, 15) is 14.9 Å². The molecular formula is C16H10BrN3O3S. The summed E-state index contributed by atoms with van der Waals surface area (Å²) in [6, 6.07) is 13.2. The number of hydrogen-bond acceptors (Lipinski definition) is 5. The molecule has 0 saturated heterocycles. The predicted octanol–water partition coefficient (Wildman–Crippen LogP) is 4.73. The number of halogens is 1. The fraction of sp³-hybridized carbons (Fsp3) is 0. The maximum Gasteiger partial charge on any atom is 0.270 e. The molecule has 120 valence electrons. The molecule has 0 spiro atoms. The van der Waals surface area contributed by atoms with Crippen molar-refractivity contribution >= 4 is 44.0 Å². The molecule has 0 atom stereocenters. The lowest BCUT2D eigenvalue weighted by Crippen LogP contribution is -2.11. The number of rotatable bonds is 4. The lowest BCUT2D eigenvalue weighted by Gasteiger charge is -2.02. The molecule has 0 aliphatic rings. The van der Waals surface area contributed by atoms with Crippen molar-refractivity contribution < 1.29 is 9.72 Å². The molecule has 1 heterocycles. The van der Waals surface area contributed by atoms with E-state index < -0.39 is 4.92 Å². The second kappa shape index (κ2) is 6.90. The minimum atomic E-state index is -0.453. The van der Waals surface area contributed by atoms with Crippen LogP contribution in [-0.2, 0) is 0 Å². The number of aromatic nitrogens is 1. The number of amides is 1. The van der Waals surface area contributed by atoms with Gasteiger partial charge in [-0.1, -0.05) is 34.1 Å². The third kappa shape index (κ3) is 3.66. The van der Waals surface area contributed by atoms with Gasteiger partial charge in [0.2, 0.25) is 0 Å². The van der Waals surface area contributed by atoms with Gasteiger partial charge in [-0.3, -0.25) is 20.2 Å². The minimum absolute atomic E-state index is 0.000205. The fourth-order valence-corrected chi connectivity index (χ4v) is 3.16. The van der Waals surface area contributed by atoms with Gasteiger partial charge in [-0.2, -0.15) is 0 Å². The van der Waals surface area contributed by atoms with Crippen LogP contribution in [0.3, 0.4) is 0 Å². The first-order valence-corrected chi connectivity index (χ1v) is 8.47. The van der Waals surface area contributed by atoms with E-state index in [2.05, 4.69) is 26.2 Å². The number of thiazole rings is 1. The normalized spacial score (nSPS) is 10.4. The van der Waals surface area contributed by atoms with Gasteiger partial charge in [-0.25, -0.2) is 4.98 Å². The highest BCUT2D eigenvalue weighted by atomic mass is 79.9. The molecule has 24 heavy (non-hydrogen) atoms. The number of nitrogens with zero attached hydrogens (tertiary/aromatic N) is 2. The number of nitro benzene ring substituents is 1. The van der Waals surface area contributed by atoms with Gasteiger partial charge in [-0.05, 0) is 18.2 Å². The summed E-state index contributed by atoms with van der Waals surface area (Å²) in [6.45, 7) is 0. The Morgan fingerprint density at radius 3 is 2.75 bits per heavy atom. The smallest absolute Gasteiger partial charge is 0.270 e. The first kappa shape index (κ1) is 16.3. The first-order chi connectivity index (χ1) is 11.5. The Kier molecular flexibility index (Phi) is 4.68. The summed E-state index contributed by atoms with van der Waals surface area (Å²) in [5, 5.41) is 15.8. The van der Waals surface area contributed by atoms with Crippen LogP contribution in [0.15, 0.2) is 58.4 Å². The minimum Gasteiger partial charge on any atom is -0.298 e. The Labute approximate surface area is 149 Å². The molecule has 1 aromatic heterocycles. The van der Waals surface area contributed by atoms with Crippen LogP contribution in [0, 0.1) is 10.1 Å². The number of nitrogens with one attached hydrogen (secondary N) is 1. The van der Waals surface area contributed by atoms with Gasteiger partial charge >= 0.3 is 0 Å². The molecule has 6 nitrogen and oxygen atoms in total. The van der Waals surface area contributed by atoms with Crippen molar-refractivity contribution in [2.45, 2.75) is 0 Å². The molecule has 0 saturated carbocycles. The molecule has 0 aliphatic heterocycles. The first-order valence-electron chi connectivity index (χ1n) is 6.80. The number of benzene rings is 2. The average molecular weight is 404 g/mol. The zero-order valence-corrected chi connectivity index (χ0v) is 14.5. The summed E-state index contributed by atoms with van der Waals surface area (Å²) in [7, 11) is 0. The highest BCUT2D eigenvalue weighted by Crippen LogP contribution is 2.27. The standard InChI is InChI=1S/C16H10BrN3O3S/c17-12-5-1-4-11(7-12)15(21)19-16-18-14(9-24-16)10-3-2-6-13(8-10)20(22)23/h1-9H,(H,18,19,21). The number of non-ortho nitro benzene ring substituents is 1. The summed E-state index contributed by atoms with van der Waals surface area (Å²) in [5.41, 5.74) is 1.72. The number of hydrogen-bond donors (Lipinski definition) is 1. The third-order valence-electron chi connectivity index (χ3n) is 3.16. The van der Waals surface area contributed by atoms with Crippen LogP contribution >= 0.6 is 27.3 Å². The van der Waals surface area contributed by atoms with Gasteiger partial charge in [0, 0.05) is 33.1 Å². The van der Waals surface area contributed by atoms with Crippen LogP contribution in [0.2, 0.25) is 0 Å². The summed E-state index contributed by atoms with van der Waals surface area (Å²) >= 11 is 4.58. The van der Waals surface area contributed by atoms with E-state index in [-0.39, 0.29) is 11.6 Å². The Balaban J connectivity index is 1.80. The van der Waals surface area contributed by atoms with Crippen molar-refractivity contribution in [1.29, 1.82) is 0 Å². The van der Waals surface area contributed by atoms with E-state index in [1.54, 1.807) is 35.7 Å². The molecule has 0 fully saturated rings. The SMILES string of the molecule is O=C(Nc1nc(-c2cccc([N+](=O)[O-])c2)cs1)c1cccc(Br)c1. The van der Waals surface area contributed by atoms with Crippen molar-refractivity contribution in [1.82, 2.24) is 4.98 Å². The molecular weight excluding hydrogens is 394 g/mol. The van der Waals surface area contributed by atoms with Crippen molar-refractivity contribution in [2.75, 3.05) is 5.32 Å². The molecule has 2 aromatic carbocycles. The van der Waals surface area contributed by atoms with Crippen LogP contribution < -0.4 is 5.32 Å². The number of carbonyl (C=O) groups is 1. The van der Waals surface area contributed by atoms with E-state index in [1.807, 2.05) is 6.07 Å². The lowest BCUT2D eigenvalue weighted by atomic mass is 10.1. The molecule has 3 aromatic rings. The molecule has 3 rings (SSSR count). The molecule has 1 amide bonds. The monoisotopic (exact) mass is 403 g/mol. The van der Waals surface area contributed by atoms with Gasteiger partial charge < -0.3 is 0 Å². The van der Waals surface area contributed by atoms with E-state index >= 15 is 0 Å². The van der Waals surface area contributed by atoms with Crippen LogP contribution in [-0.4, -0.2) is 15.8 Å². The second-order valence-corrected chi connectivity index (χ2v) is 6.58. The Hall–Kier alpha value is -2.58. The van der Waals surface area contributed by atoms with Gasteiger partial charge in [0.15, 0.2) is 5.13 Å². The van der Waals surface area contributed by atoms with Crippen LogP contribution in [0.5, 0.6) is 0 Å². The average Bonchev–Trinajstić information content (AvgIpc) is 3.03. The topological polar surface area (TPSA) is 85.1 Å². The maximum absolute atomic E-state index is 12.2. The summed E-state index contributed by atoms with van der Waals surface area (Å²) in [6.07, 6.45) is 0. The summed E-state index contributed by atoms with van der Waals surface area (Å²) in [4.78, 5) is 26.9. The number of anilines is 1. The molecule has 8 heteroatoms. The van der Waals surface area contributed by atoms with E-state index in [1.165, 1.54) is 23.5 Å². The quantitative estimate of drug-likeness (QED) is 0.503. The van der Waals surface area contributed by atoms with Crippen molar-refractivity contribution in [2.24, 2.45) is 0 Å². The lowest BCUT2D eigenvalue weighted by molar-refractivity contribution is -0.384. The van der Waals surface area contributed by atoms with Gasteiger partial charge in [0.1, 0.15) is 0 Å². The molecule has 0 unspecified atom stereocenters. The summed E-state index contributed by atoms with van der Waals surface area (Å²) < 4.78 is 0.812. The van der Waals surface area contributed by atoms with Crippen molar-refractivity contribution in [3.05, 3.63) is 74.1 Å². The van der Waals surface area contributed by atoms with Crippen molar-refractivity contribution in [3.63, 3.8) is 0 Å². The molecule has 0 aliphatic carbocycles. The number of nitro groups is 1. The van der Waals surface area contributed by atoms with Gasteiger partial charge in [0.25, 0.3) is 11.6 Å². The fourth-order valence-electron chi connectivity index (χ4n) is 2.04. The zero-order valence-electron chi connectivity index (χ0n) is 12.1. The molecule has 0 radical (unpaired) electrons. The van der Waals surface area contributed by atoms with E-state index in [4.69, 9.17) is 0 Å². The Bertz CT molecular complexity index is 926. The molecule has 1 N–H and O–H groups in total.